The van der Waals surface area contributed by atoms with Crippen LogP contribution >= 0.6 is 0 Å². The molecule has 3 aromatic rings. The van der Waals surface area contributed by atoms with Crippen molar-refractivity contribution in [2.45, 2.75) is 46.1 Å². The third kappa shape index (κ3) is 2.82. The lowest BCUT2D eigenvalue weighted by Gasteiger charge is -2.27. The van der Waals surface area contributed by atoms with Gasteiger partial charge in [0.1, 0.15) is 5.56 Å². The molecule has 29 heavy (non-hydrogen) atoms. The van der Waals surface area contributed by atoms with Crippen molar-refractivity contribution >= 4 is 5.91 Å². The molecule has 0 atom stereocenters. The van der Waals surface area contributed by atoms with Gasteiger partial charge in [0, 0.05) is 37.0 Å². The summed E-state index contributed by atoms with van der Waals surface area (Å²) in [5, 5.41) is 7.32. The Morgan fingerprint density at radius 2 is 1.97 bits per heavy atom. The summed E-state index contributed by atoms with van der Waals surface area (Å²) in [6.07, 6.45) is 5.65. The fourth-order valence-electron chi connectivity index (χ4n) is 4.66. The predicted molar refractivity (Wildman–Crippen MR) is 111 cm³/mol. The molecule has 1 N–H and O–H groups in total. The minimum atomic E-state index is -0.231. The van der Waals surface area contributed by atoms with Gasteiger partial charge in [0.05, 0.1) is 11.4 Å². The van der Waals surface area contributed by atoms with E-state index in [1.54, 1.807) is 15.7 Å². The third-order valence-corrected chi connectivity index (χ3v) is 6.31. The maximum atomic E-state index is 13.4. The van der Waals surface area contributed by atoms with E-state index in [4.69, 9.17) is 0 Å². The van der Waals surface area contributed by atoms with E-state index in [0.717, 1.165) is 47.5 Å². The molecule has 0 fully saturated rings. The average Bonchev–Trinajstić information content (AvgIpc) is 3.35. The SMILES string of the molecule is Cc1ccn(-c2cccc3c2CCC3)c(=O)c1C(=O)N1CCc2n[nH]c(C)c2C1. The number of aryl methyl sites for hydroxylation is 3. The first-order valence-corrected chi connectivity index (χ1v) is 10.2. The molecule has 6 heteroatoms. The van der Waals surface area contributed by atoms with Crippen LogP contribution in [0, 0.1) is 13.8 Å². The Morgan fingerprint density at radius 1 is 1.10 bits per heavy atom. The Bertz CT molecular complexity index is 1190. The van der Waals surface area contributed by atoms with Gasteiger partial charge in [0.25, 0.3) is 11.5 Å². The summed E-state index contributed by atoms with van der Waals surface area (Å²) in [5.74, 6) is -0.194. The largest absolute Gasteiger partial charge is 0.334 e. The minimum absolute atomic E-state index is 0.194. The highest BCUT2D eigenvalue weighted by molar-refractivity contribution is 5.95. The molecular weight excluding hydrogens is 364 g/mol. The number of H-pyrrole nitrogens is 1. The molecular formula is C23H24N4O2. The van der Waals surface area contributed by atoms with Crippen molar-refractivity contribution in [1.82, 2.24) is 19.7 Å². The summed E-state index contributed by atoms with van der Waals surface area (Å²) in [4.78, 5) is 28.6. The van der Waals surface area contributed by atoms with E-state index in [-0.39, 0.29) is 17.0 Å². The first kappa shape index (κ1) is 17.9. The van der Waals surface area contributed by atoms with Crippen LogP contribution in [0.5, 0.6) is 0 Å². The summed E-state index contributed by atoms with van der Waals surface area (Å²) < 4.78 is 1.66. The quantitative estimate of drug-likeness (QED) is 0.734. The number of aromatic amines is 1. The first-order valence-electron chi connectivity index (χ1n) is 10.2. The Morgan fingerprint density at radius 3 is 2.83 bits per heavy atom. The van der Waals surface area contributed by atoms with Crippen LogP contribution in [0.1, 0.15) is 50.4 Å². The summed E-state index contributed by atoms with van der Waals surface area (Å²) in [6.45, 7) is 4.87. The number of carbonyl (C=O) groups excluding carboxylic acids is 1. The Labute approximate surface area is 169 Å². The molecule has 2 aliphatic rings. The van der Waals surface area contributed by atoms with Crippen LogP contribution in [0.4, 0.5) is 0 Å². The van der Waals surface area contributed by atoms with E-state index < -0.39 is 0 Å². The molecule has 0 bridgehead atoms. The van der Waals surface area contributed by atoms with Gasteiger partial charge >= 0.3 is 0 Å². The maximum absolute atomic E-state index is 13.4. The monoisotopic (exact) mass is 388 g/mol. The molecule has 148 valence electrons. The summed E-state index contributed by atoms with van der Waals surface area (Å²) in [7, 11) is 0. The standard InChI is InChI=1S/C23H24N4O2/c1-14-9-12-27(20-8-4-6-16-5-3-7-17(16)20)23(29)21(14)22(28)26-11-10-19-18(13-26)15(2)24-25-19/h4,6,8-9,12H,3,5,7,10-11,13H2,1-2H3,(H,24,25). The number of carbonyl (C=O) groups is 1. The molecule has 6 nitrogen and oxygen atoms in total. The number of nitrogens with one attached hydrogen (secondary N) is 1. The second-order valence-electron chi connectivity index (χ2n) is 8.07. The summed E-state index contributed by atoms with van der Waals surface area (Å²) >= 11 is 0. The molecule has 5 rings (SSSR count). The molecule has 3 heterocycles. The smallest absolute Gasteiger partial charge is 0.268 e. The number of fused-ring (bicyclic) bond motifs is 2. The average molecular weight is 388 g/mol. The van der Waals surface area contributed by atoms with E-state index >= 15 is 0 Å². The number of hydrogen-bond acceptors (Lipinski definition) is 3. The van der Waals surface area contributed by atoms with Crippen LogP contribution in [0.3, 0.4) is 0 Å². The van der Waals surface area contributed by atoms with Crippen molar-refractivity contribution in [3.05, 3.63) is 80.0 Å². The van der Waals surface area contributed by atoms with Crippen molar-refractivity contribution in [3.8, 4) is 5.69 Å². The lowest BCUT2D eigenvalue weighted by molar-refractivity contribution is 0.0731. The fourth-order valence-corrected chi connectivity index (χ4v) is 4.66. The van der Waals surface area contributed by atoms with E-state index in [9.17, 15) is 9.59 Å². The van der Waals surface area contributed by atoms with Crippen LogP contribution in [0.25, 0.3) is 5.69 Å². The van der Waals surface area contributed by atoms with Crippen LogP contribution in [-0.4, -0.2) is 32.1 Å². The lowest BCUT2D eigenvalue weighted by Crippen LogP contribution is -2.40. The number of amides is 1. The van der Waals surface area contributed by atoms with Crippen molar-refractivity contribution in [2.24, 2.45) is 0 Å². The van der Waals surface area contributed by atoms with Gasteiger partial charge in [-0.2, -0.15) is 5.10 Å². The topological polar surface area (TPSA) is 71.0 Å². The normalized spacial score (nSPS) is 15.3. The molecule has 0 spiro atoms. The molecule has 2 aromatic heterocycles. The minimum Gasteiger partial charge on any atom is -0.334 e. The predicted octanol–water partition coefficient (Wildman–Crippen LogP) is 2.86. The zero-order valence-electron chi connectivity index (χ0n) is 16.8. The van der Waals surface area contributed by atoms with Crippen molar-refractivity contribution < 1.29 is 4.79 Å². The number of rotatable bonds is 2. The highest BCUT2D eigenvalue weighted by Crippen LogP contribution is 2.27. The number of pyridine rings is 1. The Kier molecular flexibility index (Phi) is 4.15. The molecule has 1 aromatic carbocycles. The Hall–Kier alpha value is -3.15. The van der Waals surface area contributed by atoms with Gasteiger partial charge in [-0.3, -0.25) is 19.3 Å². The number of nitrogens with zero attached hydrogens (tertiary/aromatic N) is 3. The lowest BCUT2D eigenvalue weighted by atomic mass is 10.0. The van der Waals surface area contributed by atoms with Gasteiger partial charge in [-0.05, 0) is 61.9 Å². The van der Waals surface area contributed by atoms with Gasteiger partial charge in [-0.1, -0.05) is 12.1 Å². The first-order chi connectivity index (χ1) is 14.0. The van der Waals surface area contributed by atoms with Gasteiger partial charge in [-0.15, -0.1) is 0 Å². The van der Waals surface area contributed by atoms with Gasteiger partial charge in [-0.25, -0.2) is 0 Å². The van der Waals surface area contributed by atoms with Crippen LogP contribution in [0.15, 0.2) is 35.3 Å². The number of hydrogen-bond donors (Lipinski definition) is 1. The van der Waals surface area contributed by atoms with Crippen molar-refractivity contribution in [1.29, 1.82) is 0 Å². The van der Waals surface area contributed by atoms with Gasteiger partial charge in [0.2, 0.25) is 0 Å². The highest BCUT2D eigenvalue weighted by Gasteiger charge is 2.28. The zero-order valence-corrected chi connectivity index (χ0v) is 16.8. The van der Waals surface area contributed by atoms with Gasteiger partial charge in [0.15, 0.2) is 0 Å². The molecule has 1 aliphatic carbocycles. The molecule has 1 amide bonds. The van der Waals surface area contributed by atoms with E-state index in [1.165, 1.54) is 11.1 Å². The summed E-state index contributed by atoms with van der Waals surface area (Å²) in [5.41, 5.74) is 7.28. The number of benzene rings is 1. The van der Waals surface area contributed by atoms with E-state index in [2.05, 4.69) is 16.3 Å². The molecule has 0 unspecified atom stereocenters. The fraction of sp³-hybridized carbons (Fsp3) is 0.348. The second kappa shape index (κ2) is 6.72. The molecule has 0 saturated heterocycles. The molecule has 0 saturated carbocycles. The molecule has 1 aliphatic heterocycles. The van der Waals surface area contributed by atoms with Crippen LogP contribution in [0.2, 0.25) is 0 Å². The van der Waals surface area contributed by atoms with Crippen molar-refractivity contribution in [2.75, 3.05) is 6.54 Å². The number of aromatic nitrogens is 3. The third-order valence-electron chi connectivity index (χ3n) is 6.31. The molecule has 0 radical (unpaired) electrons. The van der Waals surface area contributed by atoms with E-state index in [1.807, 2.05) is 32.0 Å². The summed E-state index contributed by atoms with van der Waals surface area (Å²) in [6, 6.07) is 8.00. The van der Waals surface area contributed by atoms with E-state index in [0.29, 0.717) is 19.5 Å². The van der Waals surface area contributed by atoms with Crippen LogP contribution < -0.4 is 5.56 Å². The Balaban J connectivity index is 1.56. The van der Waals surface area contributed by atoms with Crippen molar-refractivity contribution in [3.63, 3.8) is 0 Å². The van der Waals surface area contributed by atoms with Crippen LogP contribution in [-0.2, 0) is 25.8 Å². The second-order valence-corrected chi connectivity index (χ2v) is 8.07. The van der Waals surface area contributed by atoms with Gasteiger partial charge < -0.3 is 4.90 Å². The zero-order chi connectivity index (χ0) is 20.1. The maximum Gasteiger partial charge on any atom is 0.268 e. The highest BCUT2D eigenvalue weighted by atomic mass is 16.2.